The first-order valence-electron chi connectivity index (χ1n) is 6.53. The van der Waals surface area contributed by atoms with Crippen molar-refractivity contribution in [1.82, 2.24) is 10.3 Å². The summed E-state index contributed by atoms with van der Waals surface area (Å²) in [5.41, 5.74) is 2.16. The Morgan fingerprint density at radius 3 is 2.40 bits per heavy atom. The van der Waals surface area contributed by atoms with Gasteiger partial charge in [-0.15, -0.1) is 11.3 Å². The molecule has 2 nitrogen and oxygen atoms in total. The van der Waals surface area contributed by atoms with E-state index in [0.29, 0.717) is 10.0 Å². The number of nitrogens with zero attached hydrogens (tertiary/aromatic N) is 1. The summed E-state index contributed by atoms with van der Waals surface area (Å²) in [6.45, 7) is 8.37. The molecule has 2 unspecified atom stereocenters. The number of benzene rings is 1. The van der Waals surface area contributed by atoms with Crippen LogP contribution in [-0.4, -0.2) is 4.98 Å². The fraction of sp³-hybridized carbons (Fsp3) is 0.400. The lowest BCUT2D eigenvalue weighted by Gasteiger charge is -2.20. The van der Waals surface area contributed by atoms with E-state index in [2.05, 4.69) is 31.1 Å². The lowest BCUT2D eigenvalue weighted by molar-refractivity contribution is 0.486. The Morgan fingerprint density at radius 1 is 1.15 bits per heavy atom. The highest BCUT2D eigenvalue weighted by molar-refractivity contribution is 7.11. The minimum absolute atomic E-state index is 0.135. The Morgan fingerprint density at radius 2 is 1.85 bits per heavy atom. The average molecular weight is 329 g/mol. The minimum Gasteiger partial charge on any atom is -0.302 e. The van der Waals surface area contributed by atoms with Gasteiger partial charge in [0.05, 0.1) is 10.7 Å². The molecule has 1 aromatic heterocycles. The maximum Gasteiger partial charge on any atom is 0.0900 e. The highest BCUT2D eigenvalue weighted by Crippen LogP contribution is 2.29. The molecule has 2 atom stereocenters. The Balaban J connectivity index is 2.14. The second kappa shape index (κ2) is 6.44. The summed E-state index contributed by atoms with van der Waals surface area (Å²) >= 11 is 13.9. The van der Waals surface area contributed by atoms with Crippen molar-refractivity contribution < 1.29 is 0 Å². The van der Waals surface area contributed by atoms with E-state index in [1.807, 2.05) is 19.1 Å². The second-order valence-electron chi connectivity index (χ2n) is 4.95. The molecule has 108 valence electrons. The summed E-state index contributed by atoms with van der Waals surface area (Å²) in [6.07, 6.45) is 0. The Hall–Kier alpha value is -0.610. The van der Waals surface area contributed by atoms with Gasteiger partial charge in [-0.25, -0.2) is 4.98 Å². The van der Waals surface area contributed by atoms with Crippen LogP contribution in [0.2, 0.25) is 10.0 Å². The van der Waals surface area contributed by atoms with Crippen LogP contribution in [0.1, 0.15) is 47.1 Å². The average Bonchev–Trinajstić information content (AvgIpc) is 2.68. The van der Waals surface area contributed by atoms with Crippen LogP contribution < -0.4 is 5.32 Å². The van der Waals surface area contributed by atoms with Gasteiger partial charge in [0.25, 0.3) is 0 Å². The number of thiazole rings is 1. The van der Waals surface area contributed by atoms with Crippen molar-refractivity contribution in [2.45, 2.75) is 39.8 Å². The highest BCUT2D eigenvalue weighted by Gasteiger charge is 2.17. The lowest BCUT2D eigenvalue weighted by atomic mass is 10.1. The van der Waals surface area contributed by atoms with E-state index in [4.69, 9.17) is 23.2 Å². The molecule has 5 heteroatoms. The van der Waals surface area contributed by atoms with E-state index in [0.717, 1.165) is 16.3 Å². The normalized spacial score (nSPS) is 14.3. The zero-order chi connectivity index (χ0) is 14.9. The SMILES string of the molecule is Cc1nc(C(C)NC(C)c2ccc(Cl)cc2Cl)c(C)s1. The summed E-state index contributed by atoms with van der Waals surface area (Å²) in [6, 6.07) is 5.93. The fourth-order valence-corrected chi connectivity index (χ4v) is 3.83. The topological polar surface area (TPSA) is 24.9 Å². The zero-order valence-corrected chi connectivity index (χ0v) is 14.3. The molecular formula is C15H18Cl2N2S. The summed E-state index contributed by atoms with van der Waals surface area (Å²) in [5, 5.41) is 5.99. The number of halogens is 2. The van der Waals surface area contributed by atoms with Gasteiger partial charge in [0, 0.05) is 27.0 Å². The number of hydrogen-bond acceptors (Lipinski definition) is 3. The third-order valence-corrected chi connectivity index (χ3v) is 4.74. The third kappa shape index (κ3) is 3.53. The molecule has 0 aliphatic rings. The number of hydrogen-bond donors (Lipinski definition) is 1. The Bertz CT molecular complexity index is 610. The monoisotopic (exact) mass is 328 g/mol. The fourth-order valence-electron chi connectivity index (χ4n) is 2.34. The van der Waals surface area contributed by atoms with Crippen LogP contribution in [0.5, 0.6) is 0 Å². The number of aromatic nitrogens is 1. The van der Waals surface area contributed by atoms with Crippen LogP contribution in [0.3, 0.4) is 0 Å². The largest absolute Gasteiger partial charge is 0.302 e. The van der Waals surface area contributed by atoms with Crippen LogP contribution in [0.25, 0.3) is 0 Å². The van der Waals surface area contributed by atoms with Crippen LogP contribution in [0.4, 0.5) is 0 Å². The molecule has 0 bridgehead atoms. The van der Waals surface area contributed by atoms with Crippen molar-refractivity contribution in [3.63, 3.8) is 0 Å². The first-order chi connectivity index (χ1) is 9.38. The molecule has 0 saturated carbocycles. The molecule has 0 aliphatic heterocycles. The van der Waals surface area contributed by atoms with Crippen molar-refractivity contribution in [2.75, 3.05) is 0 Å². The van der Waals surface area contributed by atoms with Gasteiger partial charge in [-0.05, 0) is 45.4 Å². The molecule has 0 aliphatic carbocycles. The summed E-state index contributed by atoms with van der Waals surface area (Å²) < 4.78 is 0. The van der Waals surface area contributed by atoms with Crippen molar-refractivity contribution in [3.05, 3.63) is 49.4 Å². The summed E-state index contributed by atoms with van der Waals surface area (Å²) in [4.78, 5) is 5.86. The molecule has 0 fully saturated rings. The van der Waals surface area contributed by atoms with Gasteiger partial charge in [0.1, 0.15) is 0 Å². The minimum atomic E-state index is 0.135. The molecule has 20 heavy (non-hydrogen) atoms. The van der Waals surface area contributed by atoms with E-state index in [-0.39, 0.29) is 12.1 Å². The summed E-state index contributed by atoms with van der Waals surface area (Å²) in [7, 11) is 0. The highest BCUT2D eigenvalue weighted by atomic mass is 35.5. The summed E-state index contributed by atoms with van der Waals surface area (Å²) in [5.74, 6) is 0. The molecule has 1 aromatic carbocycles. The van der Waals surface area contributed by atoms with Gasteiger partial charge in [0.15, 0.2) is 0 Å². The second-order valence-corrected chi connectivity index (χ2v) is 7.20. The van der Waals surface area contributed by atoms with Crippen molar-refractivity contribution >= 4 is 34.5 Å². The maximum absolute atomic E-state index is 6.25. The first-order valence-corrected chi connectivity index (χ1v) is 8.10. The third-order valence-electron chi connectivity index (χ3n) is 3.28. The molecule has 0 radical (unpaired) electrons. The quantitative estimate of drug-likeness (QED) is 0.803. The number of nitrogens with one attached hydrogen (secondary N) is 1. The van der Waals surface area contributed by atoms with Gasteiger partial charge < -0.3 is 5.32 Å². The molecule has 2 rings (SSSR count). The van der Waals surface area contributed by atoms with E-state index in [9.17, 15) is 0 Å². The Kier molecular flexibility index (Phi) is 5.08. The van der Waals surface area contributed by atoms with Gasteiger partial charge in [-0.3, -0.25) is 0 Å². The van der Waals surface area contributed by atoms with E-state index >= 15 is 0 Å². The predicted molar refractivity (Wildman–Crippen MR) is 88.0 cm³/mol. The molecular weight excluding hydrogens is 311 g/mol. The maximum atomic E-state index is 6.25. The molecule has 1 N–H and O–H groups in total. The predicted octanol–water partition coefficient (Wildman–Crippen LogP) is 5.48. The number of aryl methyl sites for hydroxylation is 2. The van der Waals surface area contributed by atoms with Crippen LogP contribution in [0.15, 0.2) is 18.2 Å². The smallest absolute Gasteiger partial charge is 0.0900 e. The Labute approximate surface area is 134 Å². The van der Waals surface area contributed by atoms with Crippen molar-refractivity contribution in [2.24, 2.45) is 0 Å². The zero-order valence-electron chi connectivity index (χ0n) is 12.0. The van der Waals surface area contributed by atoms with Gasteiger partial charge in [0.2, 0.25) is 0 Å². The van der Waals surface area contributed by atoms with Crippen LogP contribution in [0, 0.1) is 13.8 Å². The van der Waals surface area contributed by atoms with E-state index in [1.54, 1.807) is 17.4 Å². The van der Waals surface area contributed by atoms with E-state index < -0.39 is 0 Å². The molecule has 0 amide bonds. The lowest BCUT2D eigenvalue weighted by Crippen LogP contribution is -2.23. The first kappa shape index (κ1) is 15.8. The number of rotatable bonds is 4. The van der Waals surface area contributed by atoms with Crippen LogP contribution in [-0.2, 0) is 0 Å². The van der Waals surface area contributed by atoms with Gasteiger partial charge >= 0.3 is 0 Å². The van der Waals surface area contributed by atoms with Crippen LogP contribution >= 0.6 is 34.5 Å². The molecule has 1 heterocycles. The molecule has 0 spiro atoms. The standard InChI is InChI=1S/C15H18Cl2N2S/c1-8(13-6-5-12(16)7-14(13)17)18-9(2)15-10(3)20-11(4)19-15/h5-9,18H,1-4H3. The molecule has 0 saturated heterocycles. The van der Waals surface area contributed by atoms with Crippen molar-refractivity contribution in [3.8, 4) is 0 Å². The van der Waals surface area contributed by atoms with E-state index in [1.165, 1.54) is 4.88 Å². The molecule has 2 aromatic rings. The van der Waals surface area contributed by atoms with Gasteiger partial charge in [-0.2, -0.15) is 0 Å². The van der Waals surface area contributed by atoms with Gasteiger partial charge in [-0.1, -0.05) is 29.3 Å². The van der Waals surface area contributed by atoms with Crippen molar-refractivity contribution in [1.29, 1.82) is 0 Å².